The zero-order valence-electron chi connectivity index (χ0n) is 12.6. The summed E-state index contributed by atoms with van der Waals surface area (Å²) in [7, 11) is 0. The second-order valence-electron chi connectivity index (χ2n) is 4.80. The van der Waals surface area contributed by atoms with Crippen LogP contribution in [-0.4, -0.2) is 11.6 Å². The number of rotatable bonds is 6. The van der Waals surface area contributed by atoms with Crippen molar-refractivity contribution in [2.24, 2.45) is 5.73 Å². The van der Waals surface area contributed by atoms with Gasteiger partial charge in [0.2, 0.25) is 0 Å². The number of halogens is 1. The van der Waals surface area contributed by atoms with E-state index in [1.54, 1.807) is 12.1 Å². The van der Waals surface area contributed by atoms with Crippen LogP contribution in [0.3, 0.4) is 0 Å². The van der Waals surface area contributed by atoms with E-state index in [0.29, 0.717) is 35.3 Å². The Hall–Kier alpha value is -1.78. The number of ether oxygens (including phenoxy) is 2. The molecule has 0 bridgehead atoms. The van der Waals surface area contributed by atoms with Crippen molar-refractivity contribution in [3.8, 4) is 11.5 Å². The molecule has 0 amide bonds. The lowest BCUT2D eigenvalue weighted by atomic mass is 10.1. The van der Waals surface area contributed by atoms with E-state index in [1.165, 1.54) is 0 Å². The zero-order chi connectivity index (χ0) is 16.1. The first kappa shape index (κ1) is 16.6. The summed E-state index contributed by atoms with van der Waals surface area (Å²) in [5, 5.41) is 0.433. The average molecular weight is 336 g/mol. The van der Waals surface area contributed by atoms with Crippen molar-refractivity contribution in [1.82, 2.24) is 0 Å². The van der Waals surface area contributed by atoms with Gasteiger partial charge in [0.05, 0.1) is 11.6 Å². The smallest absolute Gasteiger partial charge is 0.180 e. The van der Waals surface area contributed by atoms with Gasteiger partial charge in [0.15, 0.2) is 11.5 Å². The van der Waals surface area contributed by atoms with E-state index in [4.69, 9.17) is 39.0 Å². The Bertz CT molecular complexity index is 688. The summed E-state index contributed by atoms with van der Waals surface area (Å²) in [6.45, 7) is 4.85. The molecule has 5 heteroatoms. The van der Waals surface area contributed by atoms with Gasteiger partial charge in [0, 0.05) is 5.56 Å². The molecule has 0 heterocycles. The van der Waals surface area contributed by atoms with Crippen LogP contribution in [0.1, 0.15) is 23.6 Å². The molecule has 0 radical (unpaired) electrons. The molecule has 0 spiro atoms. The van der Waals surface area contributed by atoms with Crippen LogP contribution < -0.4 is 15.2 Å². The molecule has 2 aromatic carbocycles. The molecular weight excluding hydrogens is 318 g/mol. The second-order valence-corrected chi connectivity index (χ2v) is 5.64. The Balaban J connectivity index is 2.29. The van der Waals surface area contributed by atoms with E-state index in [0.717, 1.165) is 11.1 Å². The number of hydrogen-bond donors (Lipinski definition) is 1. The molecule has 0 fully saturated rings. The summed E-state index contributed by atoms with van der Waals surface area (Å²) in [5.74, 6) is 1.05. The lowest BCUT2D eigenvalue weighted by Gasteiger charge is -2.15. The molecule has 116 valence electrons. The van der Waals surface area contributed by atoms with Crippen molar-refractivity contribution in [3.63, 3.8) is 0 Å². The first-order chi connectivity index (χ1) is 10.5. The Kier molecular flexibility index (Phi) is 5.63. The van der Waals surface area contributed by atoms with Crippen LogP contribution in [0.15, 0.2) is 36.4 Å². The number of nitrogens with two attached hydrogens (primary N) is 1. The second kappa shape index (κ2) is 7.47. The molecule has 0 aliphatic carbocycles. The Morgan fingerprint density at radius 2 is 1.95 bits per heavy atom. The van der Waals surface area contributed by atoms with Gasteiger partial charge in [0.25, 0.3) is 0 Å². The van der Waals surface area contributed by atoms with Crippen LogP contribution in [0, 0.1) is 6.92 Å². The molecule has 0 aromatic heterocycles. The molecule has 0 aliphatic heterocycles. The first-order valence-corrected chi connectivity index (χ1v) is 7.75. The minimum atomic E-state index is 0.272. The van der Waals surface area contributed by atoms with E-state index >= 15 is 0 Å². The lowest BCUT2D eigenvalue weighted by Crippen LogP contribution is -2.10. The summed E-state index contributed by atoms with van der Waals surface area (Å²) in [5.41, 5.74) is 8.58. The lowest BCUT2D eigenvalue weighted by molar-refractivity contribution is 0.269. The van der Waals surface area contributed by atoms with E-state index in [9.17, 15) is 0 Å². The molecule has 0 atom stereocenters. The molecule has 22 heavy (non-hydrogen) atoms. The highest BCUT2D eigenvalue weighted by molar-refractivity contribution is 7.80. The maximum Gasteiger partial charge on any atom is 0.180 e. The highest BCUT2D eigenvalue weighted by Crippen LogP contribution is 2.37. The molecule has 2 N–H and O–H groups in total. The molecule has 0 saturated carbocycles. The van der Waals surface area contributed by atoms with Crippen molar-refractivity contribution in [3.05, 3.63) is 58.1 Å². The topological polar surface area (TPSA) is 44.5 Å². The quantitative estimate of drug-likeness (QED) is 0.801. The summed E-state index contributed by atoms with van der Waals surface area (Å²) >= 11 is 11.3. The van der Waals surface area contributed by atoms with E-state index < -0.39 is 0 Å². The molecule has 0 unspecified atom stereocenters. The van der Waals surface area contributed by atoms with Crippen molar-refractivity contribution in [2.75, 3.05) is 6.61 Å². The number of aryl methyl sites for hydroxylation is 1. The normalized spacial score (nSPS) is 10.3. The van der Waals surface area contributed by atoms with Gasteiger partial charge in [-0.25, -0.2) is 0 Å². The van der Waals surface area contributed by atoms with E-state index in [2.05, 4.69) is 0 Å². The minimum Gasteiger partial charge on any atom is -0.490 e. The van der Waals surface area contributed by atoms with Gasteiger partial charge in [-0.15, -0.1) is 0 Å². The van der Waals surface area contributed by atoms with Gasteiger partial charge in [-0.2, -0.15) is 0 Å². The molecule has 2 aromatic rings. The number of hydrogen-bond acceptors (Lipinski definition) is 3. The molecular formula is C17H18ClNO2S. The van der Waals surface area contributed by atoms with Crippen LogP contribution >= 0.6 is 23.8 Å². The summed E-state index contributed by atoms with van der Waals surface area (Å²) in [6, 6.07) is 11.5. The predicted octanol–water partition coefficient (Wildman–Crippen LogP) is 4.26. The third-order valence-corrected chi connectivity index (χ3v) is 3.74. The molecule has 2 rings (SSSR count). The highest BCUT2D eigenvalue weighted by atomic mass is 35.5. The van der Waals surface area contributed by atoms with Gasteiger partial charge in [0.1, 0.15) is 11.6 Å². The third kappa shape index (κ3) is 3.90. The Morgan fingerprint density at radius 3 is 2.59 bits per heavy atom. The van der Waals surface area contributed by atoms with Crippen LogP contribution in [0.2, 0.25) is 5.02 Å². The van der Waals surface area contributed by atoms with E-state index in [1.807, 2.05) is 38.1 Å². The van der Waals surface area contributed by atoms with Gasteiger partial charge in [-0.05, 0) is 37.1 Å². The maximum absolute atomic E-state index is 6.30. The van der Waals surface area contributed by atoms with Crippen molar-refractivity contribution >= 4 is 28.8 Å². The standard InChI is InChI=1S/C17H18ClNO2S/c1-3-20-15-9-13(17(19)22)8-14(18)16(15)21-10-12-7-5-4-6-11(12)2/h4-9H,3,10H2,1-2H3,(H2,19,22). The van der Waals surface area contributed by atoms with Gasteiger partial charge in [-0.3, -0.25) is 0 Å². The van der Waals surface area contributed by atoms with Crippen LogP contribution in [0.4, 0.5) is 0 Å². The van der Waals surface area contributed by atoms with Crippen LogP contribution in [0.5, 0.6) is 11.5 Å². The van der Waals surface area contributed by atoms with Crippen LogP contribution in [0.25, 0.3) is 0 Å². The SMILES string of the molecule is CCOc1cc(C(N)=S)cc(Cl)c1OCc1ccccc1C. The van der Waals surface area contributed by atoms with Crippen molar-refractivity contribution in [1.29, 1.82) is 0 Å². The van der Waals surface area contributed by atoms with Gasteiger partial charge in [-0.1, -0.05) is 48.1 Å². The molecule has 0 aliphatic rings. The van der Waals surface area contributed by atoms with Crippen LogP contribution in [-0.2, 0) is 6.61 Å². The minimum absolute atomic E-state index is 0.272. The first-order valence-electron chi connectivity index (χ1n) is 6.96. The van der Waals surface area contributed by atoms with Crippen molar-refractivity contribution in [2.45, 2.75) is 20.5 Å². The monoisotopic (exact) mass is 335 g/mol. The van der Waals surface area contributed by atoms with Gasteiger partial charge >= 0.3 is 0 Å². The zero-order valence-corrected chi connectivity index (χ0v) is 14.1. The van der Waals surface area contributed by atoms with Crippen molar-refractivity contribution < 1.29 is 9.47 Å². The third-order valence-electron chi connectivity index (χ3n) is 3.23. The summed E-state index contributed by atoms with van der Waals surface area (Å²) in [4.78, 5) is 0.272. The summed E-state index contributed by atoms with van der Waals surface area (Å²) < 4.78 is 11.5. The molecule has 0 saturated heterocycles. The average Bonchev–Trinajstić information content (AvgIpc) is 2.48. The number of benzene rings is 2. The fourth-order valence-corrected chi connectivity index (χ4v) is 2.42. The fourth-order valence-electron chi connectivity index (χ4n) is 2.04. The highest BCUT2D eigenvalue weighted by Gasteiger charge is 2.14. The Labute approximate surface area is 141 Å². The largest absolute Gasteiger partial charge is 0.490 e. The van der Waals surface area contributed by atoms with Gasteiger partial charge < -0.3 is 15.2 Å². The molecule has 3 nitrogen and oxygen atoms in total. The number of thiocarbonyl (C=S) groups is 1. The predicted molar refractivity (Wildman–Crippen MR) is 94.0 cm³/mol. The van der Waals surface area contributed by atoms with E-state index in [-0.39, 0.29) is 4.99 Å². The summed E-state index contributed by atoms with van der Waals surface area (Å²) in [6.07, 6.45) is 0. The Morgan fingerprint density at radius 1 is 1.23 bits per heavy atom. The fraction of sp³-hybridized carbons (Fsp3) is 0.235. The maximum atomic E-state index is 6.30.